The fourth-order valence-electron chi connectivity index (χ4n) is 1.93. The second kappa shape index (κ2) is 11.9. The third-order valence-electron chi connectivity index (χ3n) is 3.24. The molecular weight excluding hydrogens is 246 g/mol. The standard InChI is InChI=1S/C9H12.C7H15NO.C2H6/c1-8(2)9-6-4-3-5-7-9;1-7(2)8-3-5-9-6-4-8;1-2/h3-8H,1-2H3;7H,3-6H2,1-2H3;1-2H3. The molecule has 20 heavy (non-hydrogen) atoms. The van der Waals surface area contributed by atoms with Gasteiger partial charge in [-0.3, -0.25) is 4.90 Å². The van der Waals surface area contributed by atoms with Gasteiger partial charge in [-0.05, 0) is 25.3 Å². The molecule has 0 bridgehead atoms. The van der Waals surface area contributed by atoms with Gasteiger partial charge in [0.25, 0.3) is 0 Å². The highest BCUT2D eigenvalue weighted by molar-refractivity contribution is 5.17. The van der Waals surface area contributed by atoms with Crippen LogP contribution in [0.2, 0.25) is 0 Å². The lowest BCUT2D eigenvalue weighted by molar-refractivity contribution is 0.0238. The van der Waals surface area contributed by atoms with Crippen LogP contribution < -0.4 is 0 Å². The van der Waals surface area contributed by atoms with Crippen molar-refractivity contribution in [1.82, 2.24) is 4.90 Å². The Morgan fingerprint density at radius 1 is 0.900 bits per heavy atom. The molecule has 0 unspecified atom stereocenters. The van der Waals surface area contributed by atoms with Gasteiger partial charge >= 0.3 is 0 Å². The predicted molar refractivity (Wildman–Crippen MR) is 89.4 cm³/mol. The third-order valence-corrected chi connectivity index (χ3v) is 3.24. The number of rotatable bonds is 2. The quantitative estimate of drug-likeness (QED) is 0.786. The Hall–Kier alpha value is -0.860. The summed E-state index contributed by atoms with van der Waals surface area (Å²) in [5.41, 5.74) is 1.41. The van der Waals surface area contributed by atoms with Crippen molar-refractivity contribution in [3.05, 3.63) is 35.9 Å². The minimum absolute atomic E-state index is 0.659. The van der Waals surface area contributed by atoms with Crippen LogP contribution in [0.3, 0.4) is 0 Å². The molecule has 1 saturated heterocycles. The summed E-state index contributed by atoms with van der Waals surface area (Å²) in [5.74, 6) is 0.659. The van der Waals surface area contributed by atoms with E-state index in [2.05, 4.69) is 56.9 Å². The van der Waals surface area contributed by atoms with Crippen molar-refractivity contribution in [2.24, 2.45) is 0 Å². The van der Waals surface area contributed by atoms with Crippen molar-refractivity contribution in [2.75, 3.05) is 26.3 Å². The number of benzene rings is 1. The lowest BCUT2D eigenvalue weighted by Gasteiger charge is -2.29. The zero-order valence-corrected chi connectivity index (χ0v) is 14.2. The first kappa shape index (κ1) is 19.1. The van der Waals surface area contributed by atoms with Crippen LogP contribution in [-0.4, -0.2) is 37.2 Å². The van der Waals surface area contributed by atoms with Gasteiger partial charge in [0.15, 0.2) is 0 Å². The summed E-state index contributed by atoms with van der Waals surface area (Å²) in [6.07, 6.45) is 0. The van der Waals surface area contributed by atoms with Gasteiger partial charge in [0.1, 0.15) is 0 Å². The van der Waals surface area contributed by atoms with Crippen molar-refractivity contribution in [3.8, 4) is 0 Å². The van der Waals surface area contributed by atoms with Crippen LogP contribution in [0.5, 0.6) is 0 Å². The monoisotopic (exact) mass is 279 g/mol. The van der Waals surface area contributed by atoms with E-state index in [-0.39, 0.29) is 0 Å². The molecule has 1 heterocycles. The van der Waals surface area contributed by atoms with Gasteiger partial charge in [-0.1, -0.05) is 58.0 Å². The SMILES string of the molecule is CC.CC(C)N1CCOCC1.CC(C)c1ccccc1. The summed E-state index contributed by atoms with van der Waals surface area (Å²) in [5, 5.41) is 0. The zero-order valence-electron chi connectivity index (χ0n) is 14.2. The molecule has 116 valence electrons. The first-order valence-electron chi connectivity index (χ1n) is 7.98. The minimum atomic E-state index is 0.659. The van der Waals surface area contributed by atoms with E-state index in [0.717, 1.165) is 26.3 Å². The normalized spacial score (nSPS) is 15.2. The largest absolute Gasteiger partial charge is 0.379 e. The van der Waals surface area contributed by atoms with Gasteiger partial charge in [0.2, 0.25) is 0 Å². The Balaban J connectivity index is 0.000000321. The Labute approximate surface area is 126 Å². The maximum atomic E-state index is 5.21. The van der Waals surface area contributed by atoms with Gasteiger partial charge in [0, 0.05) is 19.1 Å². The van der Waals surface area contributed by atoms with Crippen LogP contribution >= 0.6 is 0 Å². The lowest BCUT2D eigenvalue weighted by Crippen LogP contribution is -2.40. The van der Waals surface area contributed by atoms with Crippen LogP contribution in [0, 0.1) is 0 Å². The Morgan fingerprint density at radius 3 is 1.70 bits per heavy atom. The van der Waals surface area contributed by atoms with Gasteiger partial charge in [-0.15, -0.1) is 0 Å². The number of morpholine rings is 1. The minimum Gasteiger partial charge on any atom is -0.379 e. The summed E-state index contributed by atoms with van der Waals surface area (Å²) in [7, 11) is 0. The average Bonchev–Trinajstić information content (AvgIpc) is 2.51. The highest BCUT2D eigenvalue weighted by Crippen LogP contribution is 2.11. The maximum Gasteiger partial charge on any atom is 0.0594 e. The molecule has 0 saturated carbocycles. The number of hydrogen-bond acceptors (Lipinski definition) is 2. The predicted octanol–water partition coefficient (Wildman–Crippen LogP) is 4.56. The maximum absolute atomic E-state index is 5.21. The van der Waals surface area contributed by atoms with Gasteiger partial charge < -0.3 is 4.74 Å². The number of hydrogen-bond donors (Lipinski definition) is 0. The molecule has 0 amide bonds. The van der Waals surface area contributed by atoms with E-state index in [1.807, 2.05) is 19.9 Å². The second-order valence-corrected chi connectivity index (χ2v) is 5.31. The smallest absolute Gasteiger partial charge is 0.0594 e. The van der Waals surface area contributed by atoms with Crippen molar-refractivity contribution < 1.29 is 4.74 Å². The van der Waals surface area contributed by atoms with E-state index < -0.39 is 0 Å². The van der Waals surface area contributed by atoms with Crippen LogP contribution in [0.15, 0.2) is 30.3 Å². The Morgan fingerprint density at radius 2 is 1.40 bits per heavy atom. The van der Waals surface area contributed by atoms with Gasteiger partial charge in [-0.25, -0.2) is 0 Å². The third kappa shape index (κ3) is 8.34. The second-order valence-electron chi connectivity index (χ2n) is 5.31. The van der Waals surface area contributed by atoms with Crippen LogP contribution in [0.25, 0.3) is 0 Å². The van der Waals surface area contributed by atoms with Crippen LogP contribution in [0.1, 0.15) is 53.0 Å². The molecule has 0 N–H and O–H groups in total. The first-order valence-corrected chi connectivity index (χ1v) is 7.98. The average molecular weight is 279 g/mol. The highest BCUT2D eigenvalue weighted by atomic mass is 16.5. The first-order chi connectivity index (χ1) is 9.61. The van der Waals surface area contributed by atoms with Crippen molar-refractivity contribution in [2.45, 2.75) is 53.5 Å². The fraction of sp³-hybridized carbons (Fsp3) is 0.667. The molecule has 0 aliphatic carbocycles. The summed E-state index contributed by atoms with van der Waals surface area (Å²) < 4.78 is 5.21. The summed E-state index contributed by atoms with van der Waals surface area (Å²) in [4.78, 5) is 2.43. The molecule has 2 heteroatoms. The molecule has 2 rings (SSSR count). The molecule has 1 aliphatic rings. The topological polar surface area (TPSA) is 12.5 Å². The molecular formula is C18H33NO. The number of ether oxygens (including phenoxy) is 1. The zero-order chi connectivity index (χ0) is 15.4. The van der Waals surface area contributed by atoms with Crippen molar-refractivity contribution in [1.29, 1.82) is 0 Å². The highest BCUT2D eigenvalue weighted by Gasteiger charge is 2.11. The molecule has 1 aromatic rings. The molecule has 1 aliphatic heterocycles. The molecule has 0 radical (unpaired) electrons. The Bertz CT molecular complexity index is 302. The molecule has 1 fully saturated rings. The summed E-state index contributed by atoms with van der Waals surface area (Å²) in [6, 6.07) is 11.2. The van der Waals surface area contributed by atoms with E-state index >= 15 is 0 Å². The molecule has 0 atom stereocenters. The lowest BCUT2D eigenvalue weighted by atomic mass is 10.0. The molecule has 0 aromatic heterocycles. The van der Waals surface area contributed by atoms with E-state index in [0.29, 0.717) is 12.0 Å². The van der Waals surface area contributed by atoms with Crippen molar-refractivity contribution >= 4 is 0 Å². The van der Waals surface area contributed by atoms with E-state index in [4.69, 9.17) is 4.74 Å². The van der Waals surface area contributed by atoms with E-state index in [1.54, 1.807) is 0 Å². The molecule has 0 spiro atoms. The molecule has 2 nitrogen and oxygen atoms in total. The fourth-order valence-corrected chi connectivity index (χ4v) is 1.93. The Kier molecular flexibility index (Phi) is 11.4. The van der Waals surface area contributed by atoms with Gasteiger partial charge in [0.05, 0.1) is 13.2 Å². The van der Waals surface area contributed by atoms with E-state index in [9.17, 15) is 0 Å². The van der Waals surface area contributed by atoms with Gasteiger partial charge in [-0.2, -0.15) is 0 Å². The molecule has 1 aromatic carbocycles. The van der Waals surface area contributed by atoms with Crippen LogP contribution in [-0.2, 0) is 4.74 Å². The van der Waals surface area contributed by atoms with Crippen LogP contribution in [0.4, 0.5) is 0 Å². The summed E-state index contributed by atoms with van der Waals surface area (Å²) in [6.45, 7) is 16.9. The summed E-state index contributed by atoms with van der Waals surface area (Å²) >= 11 is 0. The van der Waals surface area contributed by atoms with Crippen molar-refractivity contribution in [3.63, 3.8) is 0 Å². The number of nitrogens with zero attached hydrogens (tertiary/aromatic N) is 1. The van der Waals surface area contributed by atoms with E-state index in [1.165, 1.54) is 5.56 Å².